The molecule has 0 bridgehead atoms. The molecule has 0 spiro atoms. The fraction of sp³-hybridized carbons (Fsp3) is 0.848. The molecule has 0 rings (SSSR count). The summed E-state index contributed by atoms with van der Waals surface area (Å²) in [5, 5.41) is 11.6. The molecule has 0 radical (unpaired) electrons. The Labute approximate surface area is 332 Å². The quantitative estimate of drug-likeness (QED) is 0.0265. The van der Waals surface area contributed by atoms with E-state index in [1.54, 1.807) is 21.1 Å². The molecule has 0 aliphatic heterocycles. The van der Waals surface area contributed by atoms with Gasteiger partial charge in [0.2, 0.25) is 0 Å². The van der Waals surface area contributed by atoms with Gasteiger partial charge in [-0.3, -0.25) is 9.59 Å². The van der Waals surface area contributed by atoms with Crippen molar-refractivity contribution < 1.29 is 38.2 Å². The van der Waals surface area contributed by atoms with E-state index >= 15 is 0 Å². The van der Waals surface area contributed by atoms with Crippen molar-refractivity contribution in [1.82, 2.24) is 0 Å². The molecule has 0 N–H and O–H groups in total. The number of likely N-dealkylation sites (N-methyl/N-ethyl adjacent to an activating group) is 1. The standard InChI is InChI=1S/C46H85NO7/c1-6-8-10-12-14-16-18-20-21-22-23-24-25-27-29-31-33-35-37-45(49)54-42(40-52-39-38-43(46(50)51)47(3,4)5)41-53-44(48)36-34-32-30-28-26-19-17-15-13-11-9-7-2/h15,17,23-24,42-43H,6-14,16,18-22,25-41H2,1-5H3/b17-15+,24-23+. The number of esters is 2. The number of carboxylic acids is 1. The number of hydrogen-bond acceptors (Lipinski definition) is 7. The summed E-state index contributed by atoms with van der Waals surface area (Å²) in [7, 11) is 5.40. The van der Waals surface area contributed by atoms with E-state index in [1.165, 1.54) is 103 Å². The van der Waals surface area contributed by atoms with E-state index in [0.29, 0.717) is 12.8 Å². The third-order valence-corrected chi connectivity index (χ3v) is 10.1. The number of ether oxygens (including phenoxy) is 3. The molecule has 2 unspecified atom stereocenters. The van der Waals surface area contributed by atoms with Gasteiger partial charge in [0.1, 0.15) is 12.6 Å². The van der Waals surface area contributed by atoms with E-state index in [0.717, 1.165) is 64.2 Å². The maximum atomic E-state index is 12.7. The number of hydrogen-bond donors (Lipinski definition) is 0. The van der Waals surface area contributed by atoms with Crippen LogP contribution in [0.15, 0.2) is 24.3 Å². The Morgan fingerprint density at radius 3 is 1.37 bits per heavy atom. The lowest BCUT2D eigenvalue weighted by Crippen LogP contribution is -2.55. The predicted octanol–water partition coefficient (Wildman–Crippen LogP) is 10.7. The van der Waals surface area contributed by atoms with Crippen LogP contribution in [-0.4, -0.2) is 75.5 Å². The first-order valence-corrected chi connectivity index (χ1v) is 22.4. The number of carbonyl (C=O) groups is 3. The Balaban J connectivity index is 4.33. The van der Waals surface area contributed by atoms with Crippen molar-refractivity contribution in [3.05, 3.63) is 24.3 Å². The number of quaternary nitrogens is 1. The van der Waals surface area contributed by atoms with Gasteiger partial charge < -0.3 is 28.6 Å². The van der Waals surface area contributed by atoms with Crippen molar-refractivity contribution in [3.8, 4) is 0 Å². The fourth-order valence-electron chi connectivity index (χ4n) is 6.53. The van der Waals surface area contributed by atoms with Crippen LogP contribution in [0.25, 0.3) is 0 Å². The average Bonchev–Trinajstić information content (AvgIpc) is 3.12. The van der Waals surface area contributed by atoms with Gasteiger partial charge in [0, 0.05) is 19.3 Å². The molecule has 0 aromatic heterocycles. The number of nitrogens with zero attached hydrogens (tertiary/aromatic N) is 1. The second-order valence-corrected chi connectivity index (χ2v) is 16.3. The summed E-state index contributed by atoms with van der Waals surface area (Å²) in [6, 6.07) is -0.726. The molecule has 0 saturated carbocycles. The van der Waals surface area contributed by atoms with Crippen molar-refractivity contribution in [2.45, 2.75) is 212 Å². The highest BCUT2D eigenvalue weighted by Crippen LogP contribution is 2.14. The number of rotatable bonds is 40. The minimum absolute atomic E-state index is 0.0373. The van der Waals surface area contributed by atoms with E-state index in [2.05, 4.69) is 38.2 Å². The molecule has 8 nitrogen and oxygen atoms in total. The third-order valence-electron chi connectivity index (χ3n) is 10.1. The van der Waals surface area contributed by atoms with E-state index < -0.39 is 18.1 Å². The zero-order valence-electron chi connectivity index (χ0n) is 35.9. The first kappa shape index (κ1) is 51.8. The fourth-order valence-corrected chi connectivity index (χ4v) is 6.53. The van der Waals surface area contributed by atoms with E-state index in [4.69, 9.17) is 14.2 Å². The Hall–Kier alpha value is -2.19. The lowest BCUT2D eigenvalue weighted by molar-refractivity contribution is -0.889. The zero-order valence-corrected chi connectivity index (χ0v) is 35.9. The highest BCUT2D eigenvalue weighted by molar-refractivity contribution is 5.70. The lowest BCUT2D eigenvalue weighted by atomic mass is 10.1. The molecule has 0 saturated heterocycles. The van der Waals surface area contributed by atoms with Gasteiger partial charge >= 0.3 is 11.9 Å². The van der Waals surface area contributed by atoms with Crippen molar-refractivity contribution in [1.29, 1.82) is 0 Å². The molecule has 54 heavy (non-hydrogen) atoms. The largest absolute Gasteiger partial charge is 0.544 e. The molecule has 0 aliphatic rings. The summed E-state index contributed by atoms with van der Waals surface area (Å²) in [5.74, 6) is -1.75. The van der Waals surface area contributed by atoms with Gasteiger partial charge in [-0.25, -0.2) is 0 Å². The van der Waals surface area contributed by atoms with E-state index in [-0.39, 0.29) is 42.7 Å². The number of carboxylic acid groups (broad SMARTS) is 1. The van der Waals surface area contributed by atoms with Gasteiger partial charge in [-0.1, -0.05) is 141 Å². The highest BCUT2D eigenvalue weighted by Gasteiger charge is 2.25. The summed E-state index contributed by atoms with van der Waals surface area (Å²) in [6.45, 7) is 4.63. The van der Waals surface area contributed by atoms with Crippen LogP contribution in [0.3, 0.4) is 0 Å². The van der Waals surface area contributed by atoms with Crippen LogP contribution >= 0.6 is 0 Å². The Bertz CT molecular complexity index is 942. The first-order valence-electron chi connectivity index (χ1n) is 22.4. The first-order chi connectivity index (χ1) is 26.1. The van der Waals surface area contributed by atoms with Crippen LogP contribution in [0, 0.1) is 0 Å². The van der Waals surface area contributed by atoms with Gasteiger partial charge in [0.05, 0.1) is 40.3 Å². The van der Waals surface area contributed by atoms with Gasteiger partial charge in [0.25, 0.3) is 0 Å². The number of allylic oxidation sites excluding steroid dienone is 4. The second-order valence-electron chi connectivity index (χ2n) is 16.3. The van der Waals surface area contributed by atoms with Crippen LogP contribution < -0.4 is 5.11 Å². The van der Waals surface area contributed by atoms with Gasteiger partial charge in [-0.2, -0.15) is 0 Å². The summed E-state index contributed by atoms with van der Waals surface area (Å²) in [4.78, 5) is 36.8. The van der Waals surface area contributed by atoms with Crippen LogP contribution in [0.1, 0.15) is 200 Å². The summed E-state index contributed by atoms with van der Waals surface area (Å²) in [5.41, 5.74) is 0. The SMILES string of the molecule is CCCCC/C=C/CCCCCCCC(=O)OCC(COCCC(C(=O)[O-])[N+](C)(C)C)OC(=O)CCCCCCC/C=C/CCCCCCCCCCC. The van der Waals surface area contributed by atoms with Crippen molar-refractivity contribution in [3.63, 3.8) is 0 Å². The molecular formula is C46H85NO7. The topological polar surface area (TPSA) is 102 Å². The molecule has 316 valence electrons. The Morgan fingerprint density at radius 1 is 0.537 bits per heavy atom. The average molecular weight is 764 g/mol. The highest BCUT2D eigenvalue weighted by atomic mass is 16.6. The van der Waals surface area contributed by atoms with Crippen molar-refractivity contribution in [2.24, 2.45) is 0 Å². The summed E-state index contributed by atoms with van der Waals surface area (Å²) < 4.78 is 17.1. The molecule has 0 aliphatic carbocycles. The van der Waals surface area contributed by atoms with E-state index in [9.17, 15) is 19.5 Å². The molecule has 0 aromatic rings. The predicted molar refractivity (Wildman–Crippen MR) is 222 cm³/mol. The van der Waals surface area contributed by atoms with Crippen LogP contribution in [0.4, 0.5) is 0 Å². The Kier molecular flexibility index (Phi) is 36.2. The molecule has 8 heteroatoms. The lowest BCUT2D eigenvalue weighted by Gasteiger charge is -2.34. The molecular weight excluding hydrogens is 679 g/mol. The number of unbranched alkanes of at least 4 members (excludes halogenated alkanes) is 22. The summed E-state index contributed by atoms with van der Waals surface area (Å²) in [6.07, 6.45) is 40.6. The molecule has 0 aromatic carbocycles. The van der Waals surface area contributed by atoms with Crippen molar-refractivity contribution >= 4 is 17.9 Å². The minimum atomic E-state index is -1.13. The monoisotopic (exact) mass is 764 g/mol. The number of carbonyl (C=O) groups excluding carboxylic acids is 3. The Morgan fingerprint density at radius 2 is 0.926 bits per heavy atom. The van der Waals surface area contributed by atoms with Crippen LogP contribution in [0.2, 0.25) is 0 Å². The number of aliphatic carboxylic acids is 1. The maximum absolute atomic E-state index is 12.7. The second kappa shape index (κ2) is 37.7. The zero-order chi connectivity index (χ0) is 40.0. The molecule has 0 heterocycles. The summed E-state index contributed by atoms with van der Waals surface area (Å²) >= 11 is 0. The smallest absolute Gasteiger partial charge is 0.306 e. The molecule has 2 atom stereocenters. The molecule has 0 fully saturated rings. The van der Waals surface area contributed by atoms with Gasteiger partial charge in [-0.15, -0.1) is 0 Å². The van der Waals surface area contributed by atoms with Crippen LogP contribution in [-0.2, 0) is 28.6 Å². The maximum Gasteiger partial charge on any atom is 0.306 e. The van der Waals surface area contributed by atoms with Crippen molar-refractivity contribution in [2.75, 3.05) is 41.0 Å². The third kappa shape index (κ3) is 35.5. The van der Waals surface area contributed by atoms with Gasteiger partial charge in [0.15, 0.2) is 6.10 Å². The molecule has 0 amide bonds. The minimum Gasteiger partial charge on any atom is -0.544 e. The van der Waals surface area contributed by atoms with E-state index in [1.807, 2.05) is 0 Å². The van der Waals surface area contributed by atoms with Gasteiger partial charge in [-0.05, 0) is 64.2 Å². The van der Waals surface area contributed by atoms with Crippen LogP contribution in [0.5, 0.6) is 0 Å². The normalized spacial score (nSPS) is 13.1.